The summed E-state index contributed by atoms with van der Waals surface area (Å²) >= 11 is 5.80. The van der Waals surface area contributed by atoms with Crippen molar-refractivity contribution in [3.8, 4) is 0 Å². The standard InChI is InChI=1S/C17H16ClNO3S/c18-15-6-4-13(5-7-15)17(20)19-11-12-3-8-16-14(10-12)2-1-9-23(16,21)22/h3-8,10H,1-2,9,11H2,(H,19,20). The van der Waals surface area contributed by atoms with Gasteiger partial charge in [-0.2, -0.15) is 0 Å². The zero-order valence-electron chi connectivity index (χ0n) is 12.4. The summed E-state index contributed by atoms with van der Waals surface area (Å²) in [6.07, 6.45) is 1.41. The third-order valence-corrected chi connectivity index (χ3v) is 6.03. The molecular weight excluding hydrogens is 334 g/mol. The van der Waals surface area contributed by atoms with Gasteiger partial charge in [0.1, 0.15) is 0 Å². The third kappa shape index (κ3) is 3.57. The highest BCUT2D eigenvalue weighted by molar-refractivity contribution is 7.91. The van der Waals surface area contributed by atoms with Gasteiger partial charge in [-0.15, -0.1) is 0 Å². The van der Waals surface area contributed by atoms with E-state index in [4.69, 9.17) is 11.6 Å². The van der Waals surface area contributed by atoms with E-state index >= 15 is 0 Å². The molecule has 1 heterocycles. The van der Waals surface area contributed by atoms with Crippen molar-refractivity contribution in [3.05, 3.63) is 64.2 Å². The number of hydrogen-bond donors (Lipinski definition) is 1. The molecule has 3 rings (SSSR count). The smallest absolute Gasteiger partial charge is 0.251 e. The molecule has 1 aliphatic heterocycles. The molecule has 0 atom stereocenters. The van der Waals surface area contributed by atoms with Gasteiger partial charge in [-0.25, -0.2) is 8.42 Å². The Morgan fingerprint density at radius 1 is 1.13 bits per heavy atom. The Kier molecular flexibility index (Phi) is 4.41. The first-order valence-electron chi connectivity index (χ1n) is 7.34. The van der Waals surface area contributed by atoms with Gasteiger partial charge in [0, 0.05) is 17.1 Å². The predicted octanol–water partition coefficient (Wildman–Crippen LogP) is 2.99. The first kappa shape index (κ1) is 16.0. The van der Waals surface area contributed by atoms with Crippen molar-refractivity contribution in [2.45, 2.75) is 24.3 Å². The minimum absolute atomic E-state index is 0.188. The monoisotopic (exact) mass is 349 g/mol. The molecule has 4 nitrogen and oxygen atoms in total. The van der Waals surface area contributed by atoms with Crippen molar-refractivity contribution in [1.82, 2.24) is 5.32 Å². The number of carbonyl (C=O) groups is 1. The average Bonchev–Trinajstić information content (AvgIpc) is 2.53. The van der Waals surface area contributed by atoms with E-state index in [1.54, 1.807) is 36.4 Å². The lowest BCUT2D eigenvalue weighted by atomic mass is 10.1. The van der Waals surface area contributed by atoms with Crippen LogP contribution in [0.25, 0.3) is 0 Å². The Morgan fingerprint density at radius 2 is 1.87 bits per heavy atom. The van der Waals surface area contributed by atoms with Gasteiger partial charge >= 0.3 is 0 Å². The van der Waals surface area contributed by atoms with Crippen molar-refractivity contribution in [1.29, 1.82) is 0 Å². The Hall–Kier alpha value is -1.85. The maximum atomic E-state index is 12.1. The van der Waals surface area contributed by atoms with Crippen LogP contribution in [0, 0.1) is 0 Å². The number of carbonyl (C=O) groups excluding carboxylic acids is 1. The van der Waals surface area contributed by atoms with Crippen LogP contribution in [-0.2, 0) is 22.8 Å². The van der Waals surface area contributed by atoms with Gasteiger partial charge in [-0.3, -0.25) is 4.79 Å². The van der Waals surface area contributed by atoms with E-state index < -0.39 is 9.84 Å². The average molecular weight is 350 g/mol. The fraction of sp³-hybridized carbons (Fsp3) is 0.235. The first-order chi connectivity index (χ1) is 11.0. The molecule has 120 valence electrons. The number of halogens is 1. The summed E-state index contributed by atoms with van der Waals surface area (Å²) in [5, 5.41) is 3.41. The molecular formula is C17H16ClNO3S. The lowest BCUT2D eigenvalue weighted by molar-refractivity contribution is 0.0951. The molecule has 1 aliphatic rings. The van der Waals surface area contributed by atoms with Crippen LogP contribution >= 0.6 is 11.6 Å². The second kappa shape index (κ2) is 6.34. The van der Waals surface area contributed by atoms with Crippen LogP contribution in [0.3, 0.4) is 0 Å². The summed E-state index contributed by atoms with van der Waals surface area (Å²) in [6.45, 7) is 0.356. The number of aryl methyl sites for hydroxylation is 1. The highest BCUT2D eigenvalue weighted by Gasteiger charge is 2.23. The number of amides is 1. The number of fused-ring (bicyclic) bond motifs is 1. The molecule has 0 fully saturated rings. The maximum absolute atomic E-state index is 12.1. The molecule has 1 amide bonds. The van der Waals surface area contributed by atoms with Crippen molar-refractivity contribution in [2.75, 3.05) is 5.75 Å². The second-order valence-corrected chi connectivity index (χ2v) is 8.07. The van der Waals surface area contributed by atoms with Crippen LogP contribution in [0.4, 0.5) is 0 Å². The molecule has 0 spiro atoms. The van der Waals surface area contributed by atoms with Crippen LogP contribution in [0.1, 0.15) is 27.9 Å². The highest BCUT2D eigenvalue weighted by atomic mass is 35.5. The molecule has 2 aromatic carbocycles. The molecule has 23 heavy (non-hydrogen) atoms. The van der Waals surface area contributed by atoms with Gasteiger partial charge in [-0.05, 0) is 54.3 Å². The molecule has 0 aliphatic carbocycles. The zero-order valence-corrected chi connectivity index (χ0v) is 14.0. The van der Waals surface area contributed by atoms with Crippen molar-refractivity contribution < 1.29 is 13.2 Å². The molecule has 0 unspecified atom stereocenters. The summed E-state index contributed by atoms with van der Waals surface area (Å²) in [7, 11) is -3.14. The second-order valence-electron chi connectivity index (χ2n) is 5.55. The van der Waals surface area contributed by atoms with Crippen molar-refractivity contribution in [2.24, 2.45) is 0 Å². The third-order valence-electron chi connectivity index (χ3n) is 3.88. The molecule has 6 heteroatoms. The number of sulfone groups is 1. The van der Waals surface area contributed by atoms with Crippen molar-refractivity contribution in [3.63, 3.8) is 0 Å². The quantitative estimate of drug-likeness (QED) is 0.926. The topological polar surface area (TPSA) is 63.2 Å². The molecule has 2 aromatic rings. The van der Waals surface area contributed by atoms with Crippen LogP contribution in [-0.4, -0.2) is 20.1 Å². The van der Waals surface area contributed by atoms with E-state index in [9.17, 15) is 13.2 Å². The van der Waals surface area contributed by atoms with E-state index in [1.165, 1.54) is 0 Å². The van der Waals surface area contributed by atoms with Gasteiger partial charge in [0.15, 0.2) is 9.84 Å². The van der Waals surface area contributed by atoms with Gasteiger partial charge in [0.05, 0.1) is 10.6 Å². The zero-order chi connectivity index (χ0) is 16.4. The van der Waals surface area contributed by atoms with E-state index in [2.05, 4.69) is 5.32 Å². The number of nitrogens with one attached hydrogen (secondary N) is 1. The van der Waals surface area contributed by atoms with E-state index in [-0.39, 0.29) is 11.7 Å². The number of hydrogen-bond acceptors (Lipinski definition) is 3. The Labute approximate surface area is 140 Å². The van der Waals surface area contributed by atoms with E-state index in [0.717, 1.165) is 17.5 Å². The summed E-state index contributed by atoms with van der Waals surface area (Å²) in [4.78, 5) is 12.5. The predicted molar refractivity (Wildman–Crippen MR) is 89.4 cm³/mol. The van der Waals surface area contributed by atoms with Crippen LogP contribution in [0.15, 0.2) is 47.4 Å². The fourth-order valence-electron chi connectivity index (χ4n) is 2.69. The Morgan fingerprint density at radius 3 is 2.61 bits per heavy atom. The van der Waals surface area contributed by atoms with Crippen LogP contribution < -0.4 is 5.32 Å². The van der Waals surface area contributed by atoms with Gasteiger partial charge in [-0.1, -0.05) is 23.7 Å². The molecule has 0 aromatic heterocycles. The highest BCUT2D eigenvalue weighted by Crippen LogP contribution is 2.25. The summed E-state index contributed by atoms with van der Waals surface area (Å²) in [5.41, 5.74) is 2.27. The molecule has 0 bridgehead atoms. The normalized spacial score (nSPS) is 15.7. The maximum Gasteiger partial charge on any atom is 0.251 e. The SMILES string of the molecule is O=C(NCc1ccc2c(c1)CCCS2(=O)=O)c1ccc(Cl)cc1. The largest absolute Gasteiger partial charge is 0.348 e. The number of rotatable bonds is 3. The summed E-state index contributed by atoms with van der Waals surface area (Å²) < 4.78 is 24.0. The summed E-state index contributed by atoms with van der Waals surface area (Å²) in [6, 6.07) is 11.9. The minimum atomic E-state index is -3.14. The minimum Gasteiger partial charge on any atom is -0.348 e. The Balaban J connectivity index is 1.72. The lowest BCUT2D eigenvalue weighted by Crippen LogP contribution is -2.23. The fourth-order valence-corrected chi connectivity index (χ4v) is 4.40. The Bertz CT molecular complexity index is 845. The van der Waals surface area contributed by atoms with Crippen LogP contribution in [0.5, 0.6) is 0 Å². The lowest BCUT2D eigenvalue weighted by Gasteiger charge is -2.17. The van der Waals surface area contributed by atoms with Gasteiger partial charge in [0.2, 0.25) is 0 Å². The molecule has 0 radical (unpaired) electrons. The summed E-state index contributed by atoms with van der Waals surface area (Å²) in [5.74, 6) is 0.0270. The van der Waals surface area contributed by atoms with Gasteiger partial charge in [0.25, 0.3) is 5.91 Å². The number of benzene rings is 2. The van der Waals surface area contributed by atoms with Gasteiger partial charge < -0.3 is 5.32 Å². The first-order valence-corrected chi connectivity index (χ1v) is 9.37. The molecule has 1 N–H and O–H groups in total. The van der Waals surface area contributed by atoms with Crippen molar-refractivity contribution >= 4 is 27.3 Å². The van der Waals surface area contributed by atoms with E-state index in [0.29, 0.717) is 28.4 Å². The molecule has 0 saturated heterocycles. The van der Waals surface area contributed by atoms with E-state index in [1.807, 2.05) is 6.07 Å². The van der Waals surface area contributed by atoms with Crippen LogP contribution in [0.2, 0.25) is 5.02 Å². The molecule has 0 saturated carbocycles.